The maximum atomic E-state index is 12.8. The van der Waals surface area contributed by atoms with Crippen molar-refractivity contribution in [3.63, 3.8) is 0 Å². The van der Waals surface area contributed by atoms with E-state index in [2.05, 4.69) is 0 Å². The Hall–Kier alpha value is -2.37. The van der Waals surface area contributed by atoms with Crippen LogP contribution in [0.4, 0.5) is 4.79 Å². The molecule has 1 aliphatic carbocycles. The van der Waals surface area contributed by atoms with Crippen LogP contribution in [0.25, 0.3) is 0 Å². The SMILES string of the molecule is O=C(O)C[C@H]1C(=O)N(CCc2ccccc2)C(=O)N1CC1CCCCC1. The fourth-order valence-corrected chi connectivity index (χ4v) is 4.00. The van der Waals surface area contributed by atoms with Gasteiger partial charge in [-0.2, -0.15) is 0 Å². The van der Waals surface area contributed by atoms with Crippen LogP contribution >= 0.6 is 0 Å². The predicted molar refractivity (Wildman–Crippen MR) is 96.6 cm³/mol. The van der Waals surface area contributed by atoms with Crippen LogP contribution in [0.3, 0.4) is 0 Å². The van der Waals surface area contributed by atoms with Gasteiger partial charge in [-0.25, -0.2) is 4.79 Å². The molecule has 6 nitrogen and oxygen atoms in total. The fourth-order valence-electron chi connectivity index (χ4n) is 4.00. The predicted octanol–water partition coefficient (Wildman–Crippen LogP) is 2.92. The second-order valence-corrected chi connectivity index (χ2v) is 7.28. The maximum Gasteiger partial charge on any atom is 0.327 e. The molecule has 0 spiro atoms. The summed E-state index contributed by atoms with van der Waals surface area (Å²) in [6.07, 6.45) is 5.84. The molecule has 1 saturated heterocycles. The molecule has 0 bridgehead atoms. The minimum atomic E-state index is -1.05. The third-order valence-electron chi connectivity index (χ3n) is 5.42. The number of hydrogen-bond donors (Lipinski definition) is 1. The number of benzene rings is 1. The lowest BCUT2D eigenvalue weighted by atomic mass is 9.88. The van der Waals surface area contributed by atoms with Gasteiger partial charge in [-0.05, 0) is 30.7 Å². The van der Waals surface area contributed by atoms with Gasteiger partial charge in [0.1, 0.15) is 6.04 Å². The Labute approximate surface area is 153 Å². The lowest BCUT2D eigenvalue weighted by Gasteiger charge is -2.28. The van der Waals surface area contributed by atoms with Crippen LogP contribution in [-0.4, -0.2) is 51.9 Å². The van der Waals surface area contributed by atoms with Crippen LogP contribution in [0.5, 0.6) is 0 Å². The van der Waals surface area contributed by atoms with E-state index in [4.69, 9.17) is 0 Å². The maximum absolute atomic E-state index is 12.8. The summed E-state index contributed by atoms with van der Waals surface area (Å²) in [6.45, 7) is 0.781. The highest BCUT2D eigenvalue weighted by molar-refractivity contribution is 6.05. The van der Waals surface area contributed by atoms with Crippen molar-refractivity contribution in [2.24, 2.45) is 5.92 Å². The summed E-state index contributed by atoms with van der Waals surface area (Å²) in [5.74, 6) is -1.05. The van der Waals surface area contributed by atoms with Crippen LogP contribution in [0.1, 0.15) is 44.1 Å². The van der Waals surface area contributed by atoms with Gasteiger partial charge in [0.15, 0.2) is 0 Å². The molecule has 1 saturated carbocycles. The summed E-state index contributed by atoms with van der Waals surface area (Å²) in [5, 5.41) is 9.19. The van der Waals surface area contributed by atoms with Gasteiger partial charge in [-0.1, -0.05) is 49.6 Å². The summed E-state index contributed by atoms with van der Waals surface area (Å²) in [7, 11) is 0. The topological polar surface area (TPSA) is 77.9 Å². The molecule has 0 radical (unpaired) electrons. The van der Waals surface area contributed by atoms with Crippen molar-refractivity contribution in [2.75, 3.05) is 13.1 Å². The molecule has 3 rings (SSSR count). The number of aliphatic carboxylic acids is 1. The first-order valence-electron chi connectivity index (χ1n) is 9.44. The third kappa shape index (κ3) is 4.23. The monoisotopic (exact) mass is 358 g/mol. The number of carboxylic acid groups (broad SMARTS) is 1. The first-order chi connectivity index (χ1) is 12.6. The highest BCUT2D eigenvalue weighted by Gasteiger charge is 2.46. The Morgan fingerprint density at radius 1 is 1.08 bits per heavy atom. The molecular formula is C20H26N2O4. The number of nitrogens with zero attached hydrogens (tertiary/aromatic N) is 2. The molecule has 6 heteroatoms. The van der Waals surface area contributed by atoms with Crippen LogP contribution < -0.4 is 0 Å². The Morgan fingerprint density at radius 2 is 1.77 bits per heavy atom. The quantitative estimate of drug-likeness (QED) is 0.760. The molecule has 3 amide bonds. The lowest BCUT2D eigenvalue weighted by molar-refractivity contribution is -0.141. The highest BCUT2D eigenvalue weighted by atomic mass is 16.4. The van der Waals surface area contributed by atoms with Crippen molar-refractivity contribution in [1.82, 2.24) is 9.80 Å². The largest absolute Gasteiger partial charge is 0.481 e. The van der Waals surface area contributed by atoms with Crippen molar-refractivity contribution < 1.29 is 19.5 Å². The number of carbonyl (C=O) groups excluding carboxylic acids is 2. The molecule has 0 aromatic heterocycles. The van der Waals surface area contributed by atoms with Gasteiger partial charge >= 0.3 is 12.0 Å². The van der Waals surface area contributed by atoms with Crippen molar-refractivity contribution in [3.05, 3.63) is 35.9 Å². The number of hydrogen-bond acceptors (Lipinski definition) is 3. The van der Waals surface area contributed by atoms with Crippen LogP contribution in [0.15, 0.2) is 30.3 Å². The number of urea groups is 1. The van der Waals surface area contributed by atoms with Gasteiger partial charge < -0.3 is 10.0 Å². The van der Waals surface area contributed by atoms with Crippen LogP contribution in [-0.2, 0) is 16.0 Å². The molecule has 2 aliphatic rings. The first kappa shape index (κ1) is 18.4. The number of rotatable bonds is 7. The van der Waals surface area contributed by atoms with Crippen molar-refractivity contribution >= 4 is 17.9 Å². The van der Waals surface area contributed by atoms with Crippen LogP contribution in [0.2, 0.25) is 0 Å². The van der Waals surface area contributed by atoms with Gasteiger partial charge in [-0.15, -0.1) is 0 Å². The average molecular weight is 358 g/mol. The minimum absolute atomic E-state index is 0.291. The zero-order valence-corrected chi connectivity index (χ0v) is 15.0. The van der Waals surface area contributed by atoms with E-state index in [1.54, 1.807) is 0 Å². The van der Waals surface area contributed by atoms with Crippen molar-refractivity contribution in [2.45, 2.75) is 51.0 Å². The summed E-state index contributed by atoms with van der Waals surface area (Å²) in [5.41, 5.74) is 1.05. The molecule has 1 heterocycles. The number of amides is 3. The van der Waals surface area contributed by atoms with Gasteiger partial charge in [0.05, 0.1) is 6.42 Å². The van der Waals surface area contributed by atoms with Crippen molar-refractivity contribution in [3.8, 4) is 0 Å². The van der Waals surface area contributed by atoms with Gasteiger partial charge in [0.25, 0.3) is 5.91 Å². The van der Waals surface area contributed by atoms with E-state index in [1.165, 1.54) is 16.2 Å². The minimum Gasteiger partial charge on any atom is -0.481 e. The molecule has 1 aromatic rings. The molecule has 0 unspecified atom stereocenters. The van der Waals surface area contributed by atoms with E-state index in [0.717, 1.165) is 31.2 Å². The Balaban J connectivity index is 1.70. The number of imide groups is 1. The lowest BCUT2D eigenvalue weighted by Crippen LogP contribution is -2.40. The number of carbonyl (C=O) groups is 3. The third-order valence-corrected chi connectivity index (χ3v) is 5.42. The molecule has 1 N–H and O–H groups in total. The molecule has 1 aromatic carbocycles. The first-order valence-corrected chi connectivity index (χ1v) is 9.44. The molecule has 2 fully saturated rings. The second-order valence-electron chi connectivity index (χ2n) is 7.28. The number of carboxylic acids is 1. The molecule has 26 heavy (non-hydrogen) atoms. The molecular weight excluding hydrogens is 332 g/mol. The van der Waals surface area contributed by atoms with Crippen LogP contribution in [0, 0.1) is 5.92 Å². The summed E-state index contributed by atoms with van der Waals surface area (Å²) >= 11 is 0. The van der Waals surface area contributed by atoms with E-state index in [1.807, 2.05) is 30.3 Å². The van der Waals surface area contributed by atoms with Gasteiger partial charge in [0.2, 0.25) is 0 Å². The van der Waals surface area contributed by atoms with Gasteiger partial charge in [-0.3, -0.25) is 14.5 Å². The van der Waals surface area contributed by atoms with Crippen molar-refractivity contribution in [1.29, 1.82) is 0 Å². The van der Waals surface area contributed by atoms with E-state index in [9.17, 15) is 19.5 Å². The molecule has 1 atom stereocenters. The molecule has 140 valence electrons. The fraction of sp³-hybridized carbons (Fsp3) is 0.550. The van der Waals surface area contributed by atoms with E-state index in [-0.39, 0.29) is 18.4 Å². The Bertz CT molecular complexity index is 655. The normalized spacial score (nSPS) is 21.5. The van der Waals surface area contributed by atoms with E-state index >= 15 is 0 Å². The standard InChI is InChI=1S/C20H26N2O4/c23-18(24)13-17-19(25)21(12-11-15-7-3-1-4-8-15)20(26)22(17)14-16-9-5-2-6-10-16/h1,3-4,7-8,16-17H,2,5-6,9-14H2,(H,23,24)/t17-/m0/s1. The summed E-state index contributed by atoms with van der Waals surface area (Å²) in [6, 6.07) is 8.49. The Morgan fingerprint density at radius 3 is 2.42 bits per heavy atom. The smallest absolute Gasteiger partial charge is 0.327 e. The Kier molecular flexibility index (Phi) is 5.91. The van der Waals surface area contributed by atoms with E-state index in [0.29, 0.717) is 25.4 Å². The zero-order valence-electron chi connectivity index (χ0n) is 15.0. The average Bonchev–Trinajstić information content (AvgIpc) is 2.85. The zero-order chi connectivity index (χ0) is 18.5. The summed E-state index contributed by atoms with van der Waals surface area (Å²) in [4.78, 5) is 39.5. The van der Waals surface area contributed by atoms with E-state index < -0.39 is 12.0 Å². The highest BCUT2D eigenvalue weighted by Crippen LogP contribution is 2.28. The summed E-state index contributed by atoms with van der Waals surface area (Å²) < 4.78 is 0. The second kappa shape index (κ2) is 8.34. The van der Waals surface area contributed by atoms with Gasteiger partial charge in [0, 0.05) is 13.1 Å². The molecule has 1 aliphatic heterocycles.